The van der Waals surface area contributed by atoms with Gasteiger partial charge in [-0.1, -0.05) is 27.8 Å². The lowest BCUT2D eigenvalue weighted by Crippen LogP contribution is -2.38. The summed E-state index contributed by atoms with van der Waals surface area (Å²) < 4.78 is 3.50. The van der Waals surface area contributed by atoms with Crippen LogP contribution in [0.5, 0.6) is 0 Å². The van der Waals surface area contributed by atoms with Gasteiger partial charge in [0, 0.05) is 17.2 Å². The van der Waals surface area contributed by atoms with Crippen LogP contribution in [0.15, 0.2) is 30.3 Å². The van der Waals surface area contributed by atoms with Crippen molar-refractivity contribution in [2.45, 2.75) is 0 Å². The molecular weight excluding hydrogens is 270 g/mol. The lowest BCUT2D eigenvalue weighted by Gasteiger charge is -2.20. The van der Waals surface area contributed by atoms with Crippen LogP contribution in [0.2, 0.25) is 0 Å². The number of hydrogen-bond donors (Lipinski definition) is 2. The number of nitrogens with zero attached hydrogens (tertiary/aromatic N) is 4. The number of para-hydroxylation sites is 1. The first-order chi connectivity index (χ1) is 9.16. The molecule has 0 saturated carbocycles. The van der Waals surface area contributed by atoms with Crippen LogP contribution >= 0.6 is 11.5 Å². The highest BCUT2D eigenvalue weighted by Crippen LogP contribution is 2.15. The monoisotopic (exact) mass is 279 g/mol. The average molecular weight is 279 g/mol. The van der Waals surface area contributed by atoms with E-state index < -0.39 is 18.5 Å². The molecule has 19 heavy (non-hydrogen) atoms. The maximum atomic E-state index is 12.0. The molecule has 0 radical (unpaired) electrons. The largest absolute Gasteiger partial charge is 0.480 e. The zero-order valence-electron chi connectivity index (χ0n) is 9.55. The van der Waals surface area contributed by atoms with Crippen LogP contribution in [0.3, 0.4) is 0 Å². The zero-order chi connectivity index (χ0) is 13.7. The van der Waals surface area contributed by atoms with Gasteiger partial charge in [0.2, 0.25) is 5.13 Å². The highest BCUT2D eigenvalue weighted by Gasteiger charge is 2.19. The molecule has 0 saturated heterocycles. The Kier molecular flexibility index (Phi) is 3.98. The summed E-state index contributed by atoms with van der Waals surface area (Å²) in [4.78, 5) is 23.9. The van der Waals surface area contributed by atoms with Crippen LogP contribution in [-0.2, 0) is 4.79 Å². The molecule has 0 atom stereocenters. The van der Waals surface area contributed by atoms with E-state index in [9.17, 15) is 9.59 Å². The lowest BCUT2D eigenvalue weighted by atomic mass is 10.3. The van der Waals surface area contributed by atoms with Crippen molar-refractivity contribution in [2.24, 2.45) is 0 Å². The molecule has 1 aromatic heterocycles. The van der Waals surface area contributed by atoms with Gasteiger partial charge in [0.05, 0.1) is 0 Å². The van der Waals surface area contributed by atoms with Crippen molar-refractivity contribution in [3.63, 3.8) is 0 Å². The van der Waals surface area contributed by atoms with E-state index in [0.29, 0.717) is 5.69 Å². The van der Waals surface area contributed by atoms with Gasteiger partial charge in [-0.3, -0.25) is 15.0 Å². The molecule has 2 aromatic rings. The summed E-state index contributed by atoms with van der Waals surface area (Å²) in [6.07, 6.45) is 0. The number of aliphatic carboxylic acids is 1. The van der Waals surface area contributed by atoms with E-state index in [1.54, 1.807) is 30.3 Å². The third-order valence-electron chi connectivity index (χ3n) is 2.12. The third-order valence-corrected chi connectivity index (χ3v) is 2.63. The number of carbonyl (C=O) groups is 2. The van der Waals surface area contributed by atoms with Crippen molar-refractivity contribution in [3.8, 4) is 0 Å². The van der Waals surface area contributed by atoms with Crippen molar-refractivity contribution in [2.75, 3.05) is 16.8 Å². The Hall–Kier alpha value is -2.55. The molecule has 0 fully saturated rings. The van der Waals surface area contributed by atoms with Gasteiger partial charge in [-0.2, -0.15) is 0 Å². The number of rotatable bonds is 4. The summed E-state index contributed by atoms with van der Waals surface area (Å²) in [5, 5.41) is 18.4. The molecule has 2 rings (SSSR count). The van der Waals surface area contributed by atoms with E-state index in [-0.39, 0.29) is 5.13 Å². The van der Waals surface area contributed by atoms with Crippen LogP contribution in [0.4, 0.5) is 15.6 Å². The van der Waals surface area contributed by atoms with Gasteiger partial charge < -0.3 is 5.11 Å². The van der Waals surface area contributed by atoms with E-state index in [1.165, 1.54) is 0 Å². The Labute approximate surface area is 111 Å². The van der Waals surface area contributed by atoms with Gasteiger partial charge in [0.25, 0.3) is 0 Å². The number of urea groups is 1. The number of anilines is 2. The molecule has 0 bridgehead atoms. The summed E-state index contributed by atoms with van der Waals surface area (Å²) in [5.41, 5.74) is 0.472. The molecular formula is C10H9N5O3S. The Morgan fingerprint density at radius 1 is 1.32 bits per heavy atom. The first kappa shape index (κ1) is 12.9. The van der Waals surface area contributed by atoms with Crippen LogP contribution in [-0.4, -0.2) is 38.5 Å². The van der Waals surface area contributed by atoms with Crippen LogP contribution in [0, 0.1) is 0 Å². The summed E-state index contributed by atoms with van der Waals surface area (Å²) in [6.45, 7) is -0.456. The Morgan fingerprint density at radius 3 is 2.63 bits per heavy atom. The number of nitrogens with one attached hydrogen (secondary N) is 1. The second-order valence-corrected chi connectivity index (χ2v) is 4.15. The van der Waals surface area contributed by atoms with E-state index in [0.717, 1.165) is 16.4 Å². The molecule has 9 heteroatoms. The lowest BCUT2D eigenvalue weighted by molar-refractivity contribution is -0.135. The van der Waals surface area contributed by atoms with Gasteiger partial charge in [-0.25, -0.2) is 4.79 Å². The maximum absolute atomic E-state index is 12.0. The Morgan fingerprint density at radius 2 is 2.05 bits per heavy atom. The number of amides is 2. The Balaban J connectivity index is 2.18. The van der Waals surface area contributed by atoms with Gasteiger partial charge in [0.15, 0.2) is 0 Å². The SMILES string of the molecule is O=C(O)CN(C(=O)Nc1nnns1)c1ccccc1. The van der Waals surface area contributed by atoms with E-state index in [1.807, 2.05) is 0 Å². The standard InChI is InChI=1S/C10H9N5O3S/c16-8(17)6-15(7-4-2-1-3-5-7)10(18)11-9-12-13-14-19-9/h1-5H,6H2,(H,16,17)(H,11,12,14,18). The second kappa shape index (κ2) is 5.87. The molecule has 98 valence electrons. The van der Waals surface area contributed by atoms with Crippen molar-refractivity contribution in [3.05, 3.63) is 30.3 Å². The predicted molar refractivity (Wildman–Crippen MR) is 68.1 cm³/mol. The number of aromatic nitrogens is 3. The Bertz CT molecular complexity index is 560. The van der Waals surface area contributed by atoms with Crippen LogP contribution < -0.4 is 10.2 Å². The molecule has 1 aromatic carbocycles. The second-order valence-electron chi connectivity index (χ2n) is 3.41. The predicted octanol–water partition coefficient (Wildman–Crippen LogP) is 1.06. The number of hydrogen-bond acceptors (Lipinski definition) is 6. The fourth-order valence-electron chi connectivity index (χ4n) is 1.36. The van der Waals surface area contributed by atoms with Gasteiger partial charge in [-0.15, -0.1) is 0 Å². The summed E-state index contributed by atoms with van der Waals surface area (Å²) >= 11 is 0.904. The number of carboxylic acids is 1. The fraction of sp³-hybridized carbons (Fsp3) is 0.100. The minimum atomic E-state index is -1.12. The van der Waals surface area contributed by atoms with Crippen molar-refractivity contribution < 1.29 is 14.7 Å². The number of benzene rings is 1. The molecule has 8 nitrogen and oxygen atoms in total. The van der Waals surface area contributed by atoms with Gasteiger partial charge in [0.1, 0.15) is 6.54 Å². The normalized spacial score (nSPS) is 9.89. The molecule has 1 heterocycles. The molecule has 0 aliphatic rings. The number of carbonyl (C=O) groups excluding carboxylic acids is 1. The number of carboxylic acid groups (broad SMARTS) is 1. The highest BCUT2D eigenvalue weighted by atomic mass is 32.1. The molecule has 0 unspecified atom stereocenters. The molecule has 0 aliphatic heterocycles. The molecule has 2 N–H and O–H groups in total. The molecule has 0 spiro atoms. The first-order valence-corrected chi connectivity index (χ1v) is 5.94. The van der Waals surface area contributed by atoms with Crippen LogP contribution in [0.1, 0.15) is 0 Å². The zero-order valence-corrected chi connectivity index (χ0v) is 10.4. The first-order valence-electron chi connectivity index (χ1n) is 5.17. The smallest absolute Gasteiger partial charge is 0.328 e. The minimum absolute atomic E-state index is 0.205. The fourth-order valence-corrected chi connectivity index (χ4v) is 1.72. The molecule has 2 amide bonds. The van der Waals surface area contributed by atoms with Gasteiger partial charge >= 0.3 is 12.0 Å². The quantitative estimate of drug-likeness (QED) is 0.866. The summed E-state index contributed by atoms with van der Waals surface area (Å²) in [6, 6.07) is 7.87. The maximum Gasteiger partial charge on any atom is 0.328 e. The van der Waals surface area contributed by atoms with E-state index in [4.69, 9.17) is 5.11 Å². The third kappa shape index (κ3) is 3.45. The van der Waals surface area contributed by atoms with E-state index >= 15 is 0 Å². The highest BCUT2D eigenvalue weighted by molar-refractivity contribution is 7.09. The average Bonchev–Trinajstić information content (AvgIpc) is 2.89. The van der Waals surface area contributed by atoms with E-state index in [2.05, 4.69) is 20.1 Å². The summed E-state index contributed by atoms with van der Waals surface area (Å²) in [7, 11) is 0. The van der Waals surface area contributed by atoms with Crippen molar-refractivity contribution in [1.82, 2.24) is 14.8 Å². The van der Waals surface area contributed by atoms with Crippen LogP contribution in [0.25, 0.3) is 0 Å². The topological polar surface area (TPSA) is 108 Å². The minimum Gasteiger partial charge on any atom is -0.480 e. The van der Waals surface area contributed by atoms with Gasteiger partial charge in [-0.05, 0) is 17.3 Å². The molecule has 0 aliphatic carbocycles. The van der Waals surface area contributed by atoms with Crippen molar-refractivity contribution >= 4 is 34.4 Å². The summed E-state index contributed by atoms with van der Waals surface area (Å²) in [5.74, 6) is -1.12. The van der Waals surface area contributed by atoms with Crippen molar-refractivity contribution in [1.29, 1.82) is 0 Å².